The Balaban J connectivity index is 1.39. The number of hydrogen-bond donors (Lipinski definition) is 0. The van der Waals surface area contributed by atoms with Gasteiger partial charge in [-0.25, -0.2) is 0 Å². The van der Waals surface area contributed by atoms with E-state index in [9.17, 15) is 14.4 Å². The smallest absolute Gasteiger partial charge is 0.261 e. The van der Waals surface area contributed by atoms with Crippen molar-refractivity contribution < 1.29 is 14.4 Å². The summed E-state index contributed by atoms with van der Waals surface area (Å²) in [4.78, 5) is 44.2. The second-order valence-corrected chi connectivity index (χ2v) is 9.33. The first-order valence-corrected chi connectivity index (χ1v) is 12.1. The Morgan fingerprint density at radius 2 is 1.71 bits per heavy atom. The monoisotopic (exact) mass is 425 g/mol. The van der Waals surface area contributed by atoms with Crippen LogP contribution in [-0.2, 0) is 0 Å². The summed E-state index contributed by atoms with van der Waals surface area (Å²) in [7, 11) is 0. The van der Waals surface area contributed by atoms with Crippen molar-refractivity contribution in [3.05, 3.63) is 34.9 Å². The van der Waals surface area contributed by atoms with Crippen LogP contribution in [0, 0.1) is 5.92 Å². The lowest BCUT2D eigenvalue weighted by Crippen LogP contribution is -2.37. The Morgan fingerprint density at radius 3 is 2.48 bits per heavy atom. The Bertz CT molecular complexity index is 831. The number of rotatable bonds is 6. The summed E-state index contributed by atoms with van der Waals surface area (Å²) in [5, 5.41) is 0. The van der Waals surface area contributed by atoms with Crippen LogP contribution in [0.15, 0.2) is 18.2 Å². The van der Waals surface area contributed by atoms with E-state index >= 15 is 0 Å². The van der Waals surface area contributed by atoms with Crippen molar-refractivity contribution in [1.82, 2.24) is 14.7 Å². The summed E-state index contributed by atoms with van der Waals surface area (Å²) in [6.07, 6.45) is 9.48. The van der Waals surface area contributed by atoms with Crippen LogP contribution in [-0.4, -0.2) is 71.7 Å². The first kappa shape index (κ1) is 22.0. The molecule has 3 aliphatic rings. The number of unbranched alkanes of at least 4 members (excludes halogenated alkanes) is 1. The van der Waals surface area contributed by atoms with E-state index in [2.05, 4.69) is 4.90 Å². The molecule has 1 saturated heterocycles. The first-order valence-electron chi connectivity index (χ1n) is 12.1. The molecule has 1 aliphatic carbocycles. The van der Waals surface area contributed by atoms with Gasteiger partial charge in [0.25, 0.3) is 17.7 Å². The third kappa shape index (κ3) is 4.84. The maximum atomic E-state index is 13.2. The van der Waals surface area contributed by atoms with Crippen molar-refractivity contribution in [2.75, 3.05) is 39.3 Å². The molecule has 0 unspecified atom stereocenters. The molecule has 1 saturated carbocycles. The summed E-state index contributed by atoms with van der Waals surface area (Å²) < 4.78 is 0. The SMILES string of the molecule is CCCCN1C(=O)c2ccc(C(=O)N3CCCN(CC4CCCCC4)CC3)cc2C1=O. The van der Waals surface area contributed by atoms with Crippen LogP contribution < -0.4 is 0 Å². The highest BCUT2D eigenvalue weighted by atomic mass is 16.2. The van der Waals surface area contributed by atoms with Gasteiger partial charge in [0.15, 0.2) is 0 Å². The lowest BCUT2D eigenvalue weighted by atomic mass is 9.89. The average Bonchev–Trinajstić information content (AvgIpc) is 2.93. The predicted molar refractivity (Wildman–Crippen MR) is 120 cm³/mol. The fraction of sp³-hybridized carbons (Fsp3) is 0.640. The van der Waals surface area contributed by atoms with Crippen molar-refractivity contribution in [3.8, 4) is 0 Å². The maximum Gasteiger partial charge on any atom is 0.261 e. The molecule has 168 valence electrons. The number of carbonyl (C=O) groups excluding carboxylic acids is 3. The Hall–Kier alpha value is -2.21. The van der Waals surface area contributed by atoms with Crippen LogP contribution in [0.25, 0.3) is 0 Å². The molecule has 0 N–H and O–H groups in total. The van der Waals surface area contributed by atoms with E-state index in [1.54, 1.807) is 18.2 Å². The number of nitrogens with zero attached hydrogens (tertiary/aromatic N) is 3. The van der Waals surface area contributed by atoms with Gasteiger partial charge in [0.05, 0.1) is 11.1 Å². The molecule has 3 amide bonds. The fourth-order valence-corrected chi connectivity index (χ4v) is 5.22. The number of amides is 3. The average molecular weight is 426 g/mol. The summed E-state index contributed by atoms with van der Waals surface area (Å²) in [5.41, 5.74) is 1.31. The first-order chi connectivity index (χ1) is 15.1. The highest BCUT2D eigenvalue weighted by Gasteiger charge is 2.36. The quantitative estimate of drug-likeness (QED) is 0.650. The molecule has 31 heavy (non-hydrogen) atoms. The van der Waals surface area contributed by atoms with Crippen molar-refractivity contribution in [3.63, 3.8) is 0 Å². The molecular weight excluding hydrogens is 390 g/mol. The van der Waals surface area contributed by atoms with Gasteiger partial charge in [0.1, 0.15) is 0 Å². The third-order valence-electron chi connectivity index (χ3n) is 7.07. The standard InChI is InChI=1S/C25H35N3O3/c1-2-3-14-28-24(30)21-11-10-20(17-22(21)25(28)31)23(29)27-13-7-12-26(15-16-27)18-19-8-5-4-6-9-19/h10-11,17,19H,2-9,12-16,18H2,1H3. The zero-order valence-electron chi connectivity index (χ0n) is 18.8. The van der Waals surface area contributed by atoms with Crippen LogP contribution in [0.5, 0.6) is 0 Å². The molecule has 4 rings (SSSR count). The van der Waals surface area contributed by atoms with Crippen LogP contribution in [0.1, 0.15) is 89.4 Å². The number of imide groups is 1. The van der Waals surface area contributed by atoms with E-state index in [0.29, 0.717) is 23.2 Å². The minimum Gasteiger partial charge on any atom is -0.337 e. The number of fused-ring (bicyclic) bond motifs is 1. The van der Waals surface area contributed by atoms with Gasteiger partial charge in [-0.2, -0.15) is 0 Å². The molecule has 0 atom stereocenters. The Labute approximate surface area is 185 Å². The molecule has 0 spiro atoms. The molecule has 6 nitrogen and oxygen atoms in total. The van der Waals surface area contributed by atoms with Gasteiger partial charge in [0, 0.05) is 38.3 Å². The van der Waals surface area contributed by atoms with Gasteiger partial charge in [-0.1, -0.05) is 32.6 Å². The van der Waals surface area contributed by atoms with E-state index in [0.717, 1.165) is 57.9 Å². The molecule has 2 aliphatic heterocycles. The van der Waals surface area contributed by atoms with E-state index in [-0.39, 0.29) is 17.7 Å². The maximum absolute atomic E-state index is 13.2. The van der Waals surface area contributed by atoms with Crippen molar-refractivity contribution in [2.45, 2.75) is 58.3 Å². The van der Waals surface area contributed by atoms with Crippen LogP contribution in [0.3, 0.4) is 0 Å². The summed E-state index contributed by atoms with van der Waals surface area (Å²) in [5.74, 6) is 0.277. The third-order valence-corrected chi connectivity index (χ3v) is 7.07. The zero-order chi connectivity index (χ0) is 21.8. The van der Waals surface area contributed by atoms with Crippen molar-refractivity contribution >= 4 is 17.7 Å². The van der Waals surface area contributed by atoms with Gasteiger partial charge < -0.3 is 9.80 Å². The van der Waals surface area contributed by atoms with Crippen molar-refractivity contribution in [2.24, 2.45) is 5.92 Å². The lowest BCUT2D eigenvalue weighted by Gasteiger charge is -2.28. The molecule has 6 heteroatoms. The molecule has 0 bridgehead atoms. The highest BCUT2D eigenvalue weighted by molar-refractivity contribution is 6.22. The molecule has 1 aromatic rings. The second kappa shape index (κ2) is 9.94. The Morgan fingerprint density at radius 1 is 0.935 bits per heavy atom. The molecule has 1 aromatic carbocycles. The van der Waals surface area contributed by atoms with Gasteiger partial charge in [-0.15, -0.1) is 0 Å². The summed E-state index contributed by atoms with van der Waals surface area (Å²) in [6.45, 7) is 7.05. The topological polar surface area (TPSA) is 60.9 Å². The summed E-state index contributed by atoms with van der Waals surface area (Å²) in [6, 6.07) is 5.00. The van der Waals surface area contributed by atoms with Gasteiger partial charge in [-0.3, -0.25) is 19.3 Å². The van der Waals surface area contributed by atoms with E-state index in [1.807, 2.05) is 11.8 Å². The second-order valence-electron chi connectivity index (χ2n) is 9.33. The largest absolute Gasteiger partial charge is 0.337 e. The highest BCUT2D eigenvalue weighted by Crippen LogP contribution is 2.26. The summed E-state index contributed by atoms with van der Waals surface area (Å²) >= 11 is 0. The van der Waals surface area contributed by atoms with E-state index < -0.39 is 0 Å². The molecule has 2 heterocycles. The normalized spacial score (nSPS) is 20.8. The predicted octanol–water partition coefficient (Wildman–Crippen LogP) is 3.81. The zero-order valence-corrected chi connectivity index (χ0v) is 18.8. The molecule has 0 aromatic heterocycles. The van der Waals surface area contributed by atoms with Gasteiger partial charge >= 0.3 is 0 Å². The van der Waals surface area contributed by atoms with Crippen LogP contribution >= 0.6 is 0 Å². The van der Waals surface area contributed by atoms with Gasteiger partial charge in [0.2, 0.25) is 0 Å². The number of hydrogen-bond acceptors (Lipinski definition) is 4. The van der Waals surface area contributed by atoms with Crippen LogP contribution in [0.4, 0.5) is 0 Å². The van der Waals surface area contributed by atoms with Gasteiger partial charge in [-0.05, 0) is 56.3 Å². The number of benzene rings is 1. The van der Waals surface area contributed by atoms with E-state index in [4.69, 9.17) is 0 Å². The van der Waals surface area contributed by atoms with Crippen molar-refractivity contribution in [1.29, 1.82) is 0 Å². The molecule has 2 fully saturated rings. The molecule has 0 radical (unpaired) electrons. The van der Waals surface area contributed by atoms with Crippen LogP contribution in [0.2, 0.25) is 0 Å². The lowest BCUT2D eigenvalue weighted by molar-refractivity contribution is 0.0652. The minimum atomic E-state index is -0.266. The molecular formula is C25H35N3O3. The Kier molecular flexibility index (Phi) is 7.06. The number of carbonyl (C=O) groups is 3. The minimum absolute atomic E-state index is 0.0328. The fourth-order valence-electron chi connectivity index (χ4n) is 5.22. The van der Waals surface area contributed by atoms with E-state index in [1.165, 1.54) is 37.0 Å².